The molecule has 0 saturated carbocycles. The lowest BCUT2D eigenvalue weighted by Crippen LogP contribution is -2.34. The Morgan fingerprint density at radius 2 is 1.87 bits per heavy atom. The van der Waals surface area contributed by atoms with Gasteiger partial charge in [-0.2, -0.15) is 10.5 Å². The quantitative estimate of drug-likeness (QED) is 0.713. The lowest BCUT2D eigenvalue weighted by atomic mass is 9.94. The molecule has 0 aliphatic carbocycles. The molecule has 0 saturated heterocycles. The molecule has 4 rings (SSSR count). The average Bonchev–Trinajstić information content (AvgIpc) is 3.13. The monoisotopic (exact) mass is 404 g/mol. The van der Waals surface area contributed by atoms with Gasteiger partial charge in [0.15, 0.2) is 0 Å². The van der Waals surface area contributed by atoms with Gasteiger partial charge >= 0.3 is 5.69 Å². The highest BCUT2D eigenvalue weighted by Crippen LogP contribution is 2.41. The number of rotatable bonds is 3. The molecule has 0 spiro atoms. The first-order valence-electron chi connectivity index (χ1n) is 8.92. The van der Waals surface area contributed by atoms with Crippen LogP contribution in [0.1, 0.15) is 36.1 Å². The minimum atomic E-state index is -2.66. The third kappa shape index (κ3) is 2.93. The molecular weight excluding hydrogens is 390 g/mol. The zero-order chi connectivity index (χ0) is 21.4. The number of H-pyrrole nitrogens is 1. The van der Waals surface area contributed by atoms with Crippen LogP contribution in [-0.4, -0.2) is 14.8 Å². The van der Waals surface area contributed by atoms with Crippen LogP contribution in [0.5, 0.6) is 0 Å². The Bertz CT molecular complexity index is 1290. The minimum absolute atomic E-state index is 0.178. The van der Waals surface area contributed by atoms with E-state index in [1.807, 2.05) is 6.07 Å². The highest BCUT2D eigenvalue weighted by atomic mass is 19.3. The topological polar surface area (TPSA) is 101 Å². The lowest BCUT2D eigenvalue weighted by Gasteiger charge is -2.34. The van der Waals surface area contributed by atoms with Crippen LogP contribution in [0.25, 0.3) is 0 Å². The number of allylic oxidation sites excluding steroid dienone is 2. The summed E-state index contributed by atoms with van der Waals surface area (Å²) >= 11 is 0. The summed E-state index contributed by atoms with van der Waals surface area (Å²) < 4.78 is 27.7. The second-order valence-corrected chi connectivity index (χ2v) is 6.68. The number of nitriles is 2. The van der Waals surface area contributed by atoms with E-state index in [9.17, 15) is 18.8 Å². The number of aromatic nitrogens is 3. The molecule has 3 aromatic rings. The number of benzene rings is 2. The molecule has 0 bridgehead atoms. The van der Waals surface area contributed by atoms with Crippen molar-refractivity contribution in [2.75, 3.05) is 4.90 Å². The van der Waals surface area contributed by atoms with Crippen LogP contribution in [0, 0.1) is 22.7 Å². The Balaban J connectivity index is 1.94. The van der Waals surface area contributed by atoms with Crippen molar-refractivity contribution in [1.29, 1.82) is 10.5 Å². The number of hydrogen-bond acceptors (Lipinski definition) is 5. The number of halogens is 2. The lowest BCUT2D eigenvalue weighted by molar-refractivity contribution is 0.151. The van der Waals surface area contributed by atoms with Gasteiger partial charge in [-0.1, -0.05) is 24.3 Å². The largest absolute Gasteiger partial charge is 0.345 e. The molecule has 0 fully saturated rings. The van der Waals surface area contributed by atoms with Gasteiger partial charge in [0.1, 0.15) is 6.04 Å². The first-order valence-corrected chi connectivity index (χ1v) is 8.92. The van der Waals surface area contributed by atoms with Crippen LogP contribution in [0.15, 0.2) is 64.6 Å². The van der Waals surface area contributed by atoms with Gasteiger partial charge in [-0.05, 0) is 36.8 Å². The third-order valence-electron chi connectivity index (χ3n) is 5.00. The Hall–Kier alpha value is -4.24. The minimum Gasteiger partial charge on any atom is -0.282 e. The van der Waals surface area contributed by atoms with Crippen molar-refractivity contribution in [3.63, 3.8) is 0 Å². The van der Waals surface area contributed by atoms with Crippen molar-refractivity contribution >= 4 is 11.6 Å². The summed E-state index contributed by atoms with van der Waals surface area (Å²) in [6.45, 7) is 1.67. The zero-order valence-electron chi connectivity index (χ0n) is 15.7. The summed E-state index contributed by atoms with van der Waals surface area (Å²) in [6, 6.07) is 15.6. The molecule has 1 unspecified atom stereocenters. The first-order chi connectivity index (χ1) is 14.5. The maximum Gasteiger partial charge on any atom is 0.345 e. The third-order valence-corrected chi connectivity index (χ3v) is 5.00. The first kappa shape index (κ1) is 19.1. The summed E-state index contributed by atoms with van der Waals surface area (Å²) in [7, 11) is 0. The number of alkyl halides is 2. The van der Waals surface area contributed by atoms with Crippen LogP contribution in [0.3, 0.4) is 0 Å². The van der Waals surface area contributed by atoms with E-state index in [1.54, 1.807) is 37.3 Å². The van der Waals surface area contributed by atoms with Gasteiger partial charge in [0.2, 0.25) is 5.95 Å². The molecule has 30 heavy (non-hydrogen) atoms. The van der Waals surface area contributed by atoms with E-state index in [-0.39, 0.29) is 17.1 Å². The van der Waals surface area contributed by atoms with Gasteiger partial charge < -0.3 is 0 Å². The Morgan fingerprint density at radius 3 is 2.50 bits per heavy atom. The van der Waals surface area contributed by atoms with Gasteiger partial charge in [0, 0.05) is 16.9 Å². The van der Waals surface area contributed by atoms with Crippen LogP contribution in [-0.2, 0) is 0 Å². The average molecular weight is 404 g/mol. The maximum atomic E-state index is 13.2. The van der Waals surface area contributed by atoms with Crippen LogP contribution in [0.2, 0.25) is 0 Å². The molecular formula is C21H14F2N6O. The molecule has 1 atom stereocenters. The Morgan fingerprint density at radius 1 is 1.13 bits per heavy atom. The number of nitrogens with zero attached hydrogens (tertiary/aromatic N) is 5. The summed E-state index contributed by atoms with van der Waals surface area (Å²) in [4.78, 5) is 14.1. The molecule has 1 aliphatic rings. The molecule has 1 aliphatic heterocycles. The van der Waals surface area contributed by atoms with Crippen LogP contribution in [0.4, 0.5) is 20.4 Å². The molecule has 0 radical (unpaired) electrons. The van der Waals surface area contributed by atoms with Gasteiger partial charge in [0.05, 0.1) is 23.3 Å². The number of hydrogen-bond donors (Lipinski definition) is 1. The smallest absolute Gasteiger partial charge is 0.282 e. The maximum absolute atomic E-state index is 13.2. The summed E-state index contributed by atoms with van der Waals surface area (Å²) in [5.74, 6) is 0.178. The van der Waals surface area contributed by atoms with Crippen molar-refractivity contribution in [3.8, 4) is 12.1 Å². The zero-order valence-corrected chi connectivity index (χ0v) is 15.7. The molecule has 2 aromatic carbocycles. The highest BCUT2D eigenvalue weighted by molar-refractivity contribution is 5.68. The predicted molar refractivity (Wildman–Crippen MR) is 104 cm³/mol. The number of anilines is 2. The summed E-state index contributed by atoms with van der Waals surface area (Å²) in [5.41, 5.74) is 1.42. The molecule has 1 N–H and O–H groups in total. The Kier molecular flexibility index (Phi) is 4.65. The van der Waals surface area contributed by atoms with Gasteiger partial charge in [-0.25, -0.2) is 23.2 Å². The fraction of sp³-hybridized carbons (Fsp3) is 0.143. The van der Waals surface area contributed by atoms with Crippen molar-refractivity contribution in [3.05, 3.63) is 87.0 Å². The molecule has 0 amide bonds. The number of aromatic amines is 1. The number of fused-ring (bicyclic) bond motifs is 1. The second kappa shape index (κ2) is 7.30. The summed E-state index contributed by atoms with van der Waals surface area (Å²) in [6.07, 6.45) is -2.66. The van der Waals surface area contributed by atoms with Crippen molar-refractivity contribution in [1.82, 2.24) is 14.8 Å². The molecule has 7 nitrogen and oxygen atoms in total. The highest BCUT2D eigenvalue weighted by Gasteiger charge is 2.36. The molecule has 148 valence electrons. The van der Waals surface area contributed by atoms with Gasteiger partial charge in [-0.15, -0.1) is 5.10 Å². The van der Waals surface area contributed by atoms with Gasteiger partial charge in [0.25, 0.3) is 6.43 Å². The SMILES string of the molecule is CC1=C(C#N)C(c2ccc(C#N)cc2)n2c(n[nH]c2=O)N1c1cccc(C(F)F)c1. The van der Waals surface area contributed by atoms with E-state index < -0.39 is 18.2 Å². The Labute approximate surface area is 169 Å². The van der Waals surface area contributed by atoms with Crippen molar-refractivity contribution in [2.45, 2.75) is 19.4 Å². The van der Waals surface area contributed by atoms with E-state index in [0.717, 1.165) is 0 Å². The van der Waals surface area contributed by atoms with E-state index >= 15 is 0 Å². The standard InChI is InChI=1S/C21H14F2N6O/c1-12-17(11-25)18(14-7-5-13(10-24)6-8-14)29-20(26-27-21(29)30)28(12)16-4-2-3-15(9-16)19(22)23/h2-9,18-19H,1H3,(H,27,30). The second-order valence-electron chi connectivity index (χ2n) is 6.68. The van der Waals surface area contributed by atoms with E-state index in [0.29, 0.717) is 22.5 Å². The van der Waals surface area contributed by atoms with Crippen LogP contribution >= 0.6 is 0 Å². The van der Waals surface area contributed by atoms with Crippen LogP contribution < -0.4 is 10.6 Å². The predicted octanol–water partition coefficient (Wildman–Crippen LogP) is 3.92. The molecule has 2 heterocycles. The van der Waals surface area contributed by atoms with E-state index in [2.05, 4.69) is 16.3 Å². The van der Waals surface area contributed by atoms with E-state index in [1.165, 1.54) is 27.7 Å². The van der Waals surface area contributed by atoms with Gasteiger partial charge in [-0.3, -0.25) is 4.90 Å². The molecule has 1 aromatic heterocycles. The normalized spacial score (nSPS) is 15.7. The molecule has 9 heteroatoms. The number of nitrogens with one attached hydrogen (secondary N) is 1. The van der Waals surface area contributed by atoms with E-state index in [4.69, 9.17) is 5.26 Å². The summed E-state index contributed by atoms with van der Waals surface area (Å²) in [5, 5.41) is 25.4. The van der Waals surface area contributed by atoms with Crippen molar-refractivity contribution in [2.24, 2.45) is 0 Å². The fourth-order valence-corrected chi connectivity index (χ4v) is 3.59. The van der Waals surface area contributed by atoms with Crippen molar-refractivity contribution < 1.29 is 8.78 Å². The fourth-order valence-electron chi connectivity index (χ4n) is 3.59.